The van der Waals surface area contributed by atoms with Crippen LogP contribution in [0.5, 0.6) is 11.5 Å². The van der Waals surface area contributed by atoms with Crippen molar-refractivity contribution in [2.75, 3.05) is 0 Å². The van der Waals surface area contributed by atoms with Crippen LogP contribution in [0.25, 0.3) is 71.3 Å². The van der Waals surface area contributed by atoms with Gasteiger partial charge in [-0.1, -0.05) is 103 Å². The highest BCUT2D eigenvalue weighted by atomic mass is 16.5. The van der Waals surface area contributed by atoms with Gasteiger partial charge in [0.05, 0.1) is 11.0 Å². The number of para-hydroxylation sites is 3. The fourth-order valence-corrected chi connectivity index (χ4v) is 6.71. The van der Waals surface area contributed by atoms with Crippen molar-refractivity contribution in [3.8, 4) is 39.4 Å². The van der Waals surface area contributed by atoms with Gasteiger partial charge in [-0.3, -0.25) is 0 Å². The molecular formula is C38H23NO. The highest BCUT2D eigenvalue weighted by Crippen LogP contribution is 2.50. The maximum atomic E-state index is 6.40. The average molecular weight is 510 g/mol. The number of hydrogen-bond acceptors (Lipinski definition) is 1. The van der Waals surface area contributed by atoms with E-state index in [-0.39, 0.29) is 0 Å². The Hall–Kier alpha value is -5.34. The lowest BCUT2D eigenvalue weighted by Crippen LogP contribution is -1.98. The summed E-state index contributed by atoms with van der Waals surface area (Å²) in [6, 6.07) is 50.0. The quantitative estimate of drug-likeness (QED) is 0.226. The maximum absolute atomic E-state index is 6.40. The first-order valence-electron chi connectivity index (χ1n) is 13.7. The summed E-state index contributed by atoms with van der Waals surface area (Å²) in [6.07, 6.45) is 0. The molecule has 0 atom stereocenters. The summed E-state index contributed by atoms with van der Waals surface area (Å²) in [4.78, 5) is 0. The molecular weight excluding hydrogens is 486 g/mol. The van der Waals surface area contributed by atoms with E-state index in [9.17, 15) is 0 Å². The van der Waals surface area contributed by atoms with E-state index >= 15 is 0 Å². The van der Waals surface area contributed by atoms with E-state index in [1.54, 1.807) is 0 Å². The predicted octanol–water partition coefficient (Wildman–Crippen LogP) is 10.5. The Morgan fingerprint density at radius 2 is 1.10 bits per heavy atom. The molecule has 0 aliphatic carbocycles. The van der Waals surface area contributed by atoms with E-state index in [0.717, 1.165) is 17.1 Å². The van der Waals surface area contributed by atoms with Crippen molar-refractivity contribution in [1.29, 1.82) is 0 Å². The second-order valence-electron chi connectivity index (χ2n) is 10.5. The number of fused-ring (bicyclic) bond motifs is 7. The van der Waals surface area contributed by atoms with Crippen molar-refractivity contribution in [3.63, 3.8) is 0 Å². The van der Waals surface area contributed by atoms with Gasteiger partial charge < -0.3 is 9.30 Å². The van der Waals surface area contributed by atoms with E-state index in [0.29, 0.717) is 0 Å². The van der Waals surface area contributed by atoms with Gasteiger partial charge in [0, 0.05) is 32.8 Å². The molecule has 9 rings (SSSR count). The molecule has 0 unspecified atom stereocenters. The van der Waals surface area contributed by atoms with Crippen LogP contribution in [0.2, 0.25) is 0 Å². The molecule has 0 radical (unpaired) electrons. The highest BCUT2D eigenvalue weighted by Gasteiger charge is 2.23. The summed E-state index contributed by atoms with van der Waals surface area (Å²) in [5.41, 5.74) is 8.45. The molecule has 0 saturated heterocycles. The summed E-state index contributed by atoms with van der Waals surface area (Å²) < 4.78 is 8.82. The summed E-state index contributed by atoms with van der Waals surface area (Å²) in [7, 11) is 0. The van der Waals surface area contributed by atoms with Crippen LogP contribution in [0, 0.1) is 0 Å². The Morgan fingerprint density at radius 1 is 0.400 bits per heavy atom. The van der Waals surface area contributed by atoms with Crippen LogP contribution in [0.3, 0.4) is 0 Å². The third-order valence-electron chi connectivity index (χ3n) is 8.38. The zero-order chi connectivity index (χ0) is 26.2. The van der Waals surface area contributed by atoms with Crippen molar-refractivity contribution < 1.29 is 4.74 Å². The molecule has 0 N–H and O–H groups in total. The van der Waals surface area contributed by atoms with Crippen molar-refractivity contribution in [3.05, 3.63) is 140 Å². The summed E-state index contributed by atoms with van der Waals surface area (Å²) in [6.45, 7) is 0. The largest absolute Gasteiger partial charge is 0.456 e. The Labute approximate surface area is 231 Å². The van der Waals surface area contributed by atoms with Crippen LogP contribution in [-0.4, -0.2) is 4.57 Å². The van der Waals surface area contributed by atoms with Gasteiger partial charge in [0.2, 0.25) is 0 Å². The minimum absolute atomic E-state index is 0.913. The molecule has 1 aromatic heterocycles. The summed E-state index contributed by atoms with van der Waals surface area (Å²) in [5, 5.41) is 7.39. The van der Waals surface area contributed by atoms with Crippen molar-refractivity contribution in [2.45, 2.75) is 0 Å². The lowest BCUT2D eigenvalue weighted by atomic mass is 9.88. The first-order valence-corrected chi connectivity index (χ1v) is 13.7. The number of aromatic nitrogens is 1. The summed E-state index contributed by atoms with van der Waals surface area (Å²) >= 11 is 0. The molecule has 0 bridgehead atoms. The second-order valence-corrected chi connectivity index (χ2v) is 10.5. The van der Waals surface area contributed by atoms with Crippen LogP contribution in [0.4, 0.5) is 0 Å². The zero-order valence-electron chi connectivity index (χ0n) is 21.6. The van der Waals surface area contributed by atoms with E-state index < -0.39 is 0 Å². The fourth-order valence-electron chi connectivity index (χ4n) is 6.71. The Morgan fingerprint density at radius 3 is 2.00 bits per heavy atom. The number of hydrogen-bond donors (Lipinski definition) is 0. The normalized spacial score (nSPS) is 12.2. The number of rotatable bonds is 2. The lowest BCUT2D eigenvalue weighted by molar-refractivity contribution is 0.487. The van der Waals surface area contributed by atoms with Crippen LogP contribution in [-0.2, 0) is 0 Å². The van der Waals surface area contributed by atoms with Gasteiger partial charge in [0.1, 0.15) is 11.5 Å². The monoisotopic (exact) mass is 509 g/mol. The van der Waals surface area contributed by atoms with Gasteiger partial charge >= 0.3 is 0 Å². The molecule has 186 valence electrons. The van der Waals surface area contributed by atoms with Crippen LogP contribution in [0.1, 0.15) is 0 Å². The first kappa shape index (κ1) is 21.6. The number of benzene rings is 7. The Balaban J connectivity index is 1.43. The van der Waals surface area contributed by atoms with Crippen LogP contribution in [0.15, 0.2) is 140 Å². The van der Waals surface area contributed by atoms with Gasteiger partial charge in [-0.05, 0) is 63.9 Å². The van der Waals surface area contributed by atoms with Gasteiger partial charge in [-0.25, -0.2) is 0 Å². The predicted molar refractivity (Wildman–Crippen MR) is 167 cm³/mol. The molecule has 0 saturated carbocycles. The summed E-state index contributed by atoms with van der Waals surface area (Å²) in [5.74, 6) is 1.83. The van der Waals surface area contributed by atoms with Gasteiger partial charge in [0.15, 0.2) is 0 Å². The molecule has 8 aromatic rings. The first-order chi connectivity index (χ1) is 19.9. The third-order valence-corrected chi connectivity index (χ3v) is 8.38. The number of ether oxygens (including phenoxy) is 1. The second kappa shape index (κ2) is 8.08. The molecule has 2 nitrogen and oxygen atoms in total. The highest BCUT2D eigenvalue weighted by molar-refractivity contribution is 6.23. The molecule has 0 amide bonds. The Bertz CT molecular complexity index is 2290. The molecule has 1 aliphatic heterocycles. The van der Waals surface area contributed by atoms with Gasteiger partial charge in [0.25, 0.3) is 0 Å². The van der Waals surface area contributed by atoms with Gasteiger partial charge in [-0.2, -0.15) is 0 Å². The smallest absolute Gasteiger partial charge is 0.135 e. The molecule has 2 heteroatoms. The molecule has 40 heavy (non-hydrogen) atoms. The molecule has 2 heterocycles. The molecule has 7 aromatic carbocycles. The van der Waals surface area contributed by atoms with E-state index in [1.165, 1.54) is 65.7 Å². The zero-order valence-corrected chi connectivity index (χ0v) is 21.6. The van der Waals surface area contributed by atoms with E-state index in [4.69, 9.17) is 4.74 Å². The standard InChI is InChI=1S/C38H23NO/c1-2-11-24(12-3-1)39-34-19-8-6-14-27(34)33-23-32(25-13-4-5-16-31(25)38(33)39)26-21-22-36-37-29(26)17-10-18-30(37)28-15-7-9-20-35(28)40-36/h1-23H. The Kier molecular flexibility index (Phi) is 4.36. The third kappa shape index (κ3) is 2.88. The maximum Gasteiger partial charge on any atom is 0.135 e. The minimum atomic E-state index is 0.913. The van der Waals surface area contributed by atoms with Crippen molar-refractivity contribution in [1.82, 2.24) is 4.57 Å². The van der Waals surface area contributed by atoms with Gasteiger partial charge in [-0.15, -0.1) is 0 Å². The molecule has 0 spiro atoms. The lowest BCUT2D eigenvalue weighted by Gasteiger charge is -2.23. The molecule has 1 aliphatic rings. The van der Waals surface area contributed by atoms with Crippen molar-refractivity contribution in [2.24, 2.45) is 0 Å². The fraction of sp³-hybridized carbons (Fsp3) is 0. The number of nitrogens with zero attached hydrogens (tertiary/aromatic N) is 1. The molecule has 0 fully saturated rings. The van der Waals surface area contributed by atoms with Crippen molar-refractivity contribution >= 4 is 43.4 Å². The van der Waals surface area contributed by atoms with Crippen LogP contribution >= 0.6 is 0 Å². The van der Waals surface area contributed by atoms with E-state index in [2.05, 4.69) is 138 Å². The minimum Gasteiger partial charge on any atom is -0.456 e. The van der Waals surface area contributed by atoms with E-state index in [1.807, 2.05) is 6.07 Å². The topological polar surface area (TPSA) is 14.2 Å². The van der Waals surface area contributed by atoms with Crippen LogP contribution < -0.4 is 4.74 Å². The average Bonchev–Trinajstić information content (AvgIpc) is 3.36. The SMILES string of the molecule is c1ccc(-n2c3ccccc3c3cc(-c4ccc5c6c(cccc46)-c4ccccc4O5)c4ccccc4c32)cc1.